The van der Waals surface area contributed by atoms with Crippen LogP contribution in [0.5, 0.6) is 0 Å². The molecule has 2 rings (SSSR count). The molecule has 2 aromatic rings. The third-order valence-corrected chi connectivity index (χ3v) is 1.58. The molecule has 0 saturated carbocycles. The Labute approximate surface area is 106 Å². The van der Waals surface area contributed by atoms with Crippen molar-refractivity contribution in [3.63, 3.8) is 0 Å². The van der Waals surface area contributed by atoms with Crippen LogP contribution in [0, 0.1) is 6.92 Å². The molecule has 0 fully saturated rings. The van der Waals surface area contributed by atoms with Crippen LogP contribution in [0.15, 0.2) is 48.8 Å². The first-order valence-corrected chi connectivity index (χ1v) is 6.24. The highest BCUT2D eigenvalue weighted by atomic mass is 15.2. The lowest BCUT2D eigenvalue weighted by Gasteiger charge is -1.82. The van der Waals surface area contributed by atoms with Gasteiger partial charge in [-0.1, -0.05) is 63.6 Å². The van der Waals surface area contributed by atoms with E-state index in [0.717, 1.165) is 0 Å². The first kappa shape index (κ1) is 17.8. The Morgan fingerprint density at radius 1 is 0.882 bits per heavy atom. The van der Waals surface area contributed by atoms with Crippen LogP contribution in [-0.2, 0) is 7.05 Å². The van der Waals surface area contributed by atoms with Crippen LogP contribution in [0.4, 0.5) is 0 Å². The molecule has 0 saturated heterocycles. The molecule has 0 aliphatic rings. The summed E-state index contributed by atoms with van der Waals surface area (Å²) in [5.74, 6) is 0. The van der Waals surface area contributed by atoms with Crippen molar-refractivity contribution in [2.24, 2.45) is 7.05 Å². The molecule has 0 bridgehead atoms. The minimum Gasteiger partial charge on any atom is -0.276 e. The highest BCUT2D eigenvalue weighted by Crippen LogP contribution is 1.92. The lowest BCUT2D eigenvalue weighted by atomic mass is 10.2. The van der Waals surface area contributed by atoms with Crippen LogP contribution >= 0.6 is 0 Å². The lowest BCUT2D eigenvalue weighted by molar-refractivity contribution is 0.768. The summed E-state index contributed by atoms with van der Waals surface area (Å²) < 4.78 is 1.75. The van der Waals surface area contributed by atoms with Gasteiger partial charge in [-0.15, -0.1) is 0 Å². The number of nitrogens with zero attached hydrogens (tertiary/aromatic N) is 2. The molecule has 0 atom stereocenters. The summed E-state index contributed by atoms with van der Waals surface area (Å²) in [5.41, 5.74) is 1.32. The molecule has 1 aromatic heterocycles. The largest absolute Gasteiger partial charge is 0.276 e. The fourth-order valence-corrected chi connectivity index (χ4v) is 0.880. The number of rotatable bonds is 0. The van der Waals surface area contributed by atoms with E-state index in [-0.39, 0.29) is 0 Å². The molecular formula is C15H26N2. The van der Waals surface area contributed by atoms with Gasteiger partial charge in [-0.3, -0.25) is 4.68 Å². The Morgan fingerprint density at radius 3 is 1.59 bits per heavy atom. The summed E-state index contributed by atoms with van der Waals surface area (Å²) >= 11 is 0. The fourth-order valence-electron chi connectivity index (χ4n) is 0.880. The summed E-state index contributed by atoms with van der Waals surface area (Å²) in [5, 5.41) is 3.83. The Kier molecular flexibility index (Phi) is 15.1. The zero-order chi connectivity index (χ0) is 13.5. The van der Waals surface area contributed by atoms with Crippen molar-refractivity contribution >= 4 is 0 Å². The van der Waals surface area contributed by atoms with E-state index in [4.69, 9.17) is 0 Å². The third kappa shape index (κ3) is 12.4. The predicted molar refractivity (Wildman–Crippen MR) is 77.1 cm³/mol. The van der Waals surface area contributed by atoms with E-state index in [9.17, 15) is 0 Å². The Balaban J connectivity index is 0. The molecule has 1 aromatic carbocycles. The smallest absolute Gasteiger partial charge is 0.0489 e. The maximum Gasteiger partial charge on any atom is 0.0489 e. The molecule has 17 heavy (non-hydrogen) atoms. The number of aryl methyl sites for hydroxylation is 2. The van der Waals surface area contributed by atoms with Crippen LogP contribution in [0.3, 0.4) is 0 Å². The molecule has 2 heteroatoms. The highest BCUT2D eigenvalue weighted by Gasteiger charge is 1.72. The molecular weight excluding hydrogens is 208 g/mol. The molecule has 0 aliphatic carbocycles. The van der Waals surface area contributed by atoms with E-state index < -0.39 is 0 Å². The van der Waals surface area contributed by atoms with Crippen molar-refractivity contribution in [3.05, 3.63) is 54.4 Å². The van der Waals surface area contributed by atoms with E-state index in [1.165, 1.54) is 5.56 Å². The lowest BCUT2D eigenvalue weighted by Crippen LogP contribution is -1.83. The summed E-state index contributed by atoms with van der Waals surface area (Å²) in [4.78, 5) is 0. The van der Waals surface area contributed by atoms with Crippen molar-refractivity contribution in [3.8, 4) is 0 Å². The zero-order valence-corrected chi connectivity index (χ0v) is 12.0. The Morgan fingerprint density at radius 2 is 1.41 bits per heavy atom. The van der Waals surface area contributed by atoms with Gasteiger partial charge in [0, 0.05) is 19.4 Å². The quantitative estimate of drug-likeness (QED) is 0.657. The SMILES string of the molecule is CC.CC.Cc1ccccc1.Cn1cccn1. The molecule has 2 nitrogen and oxygen atoms in total. The standard InChI is InChI=1S/C7H8.C4H6N2.2C2H6/c1-7-5-3-2-4-6-7;1-6-4-2-3-5-6;2*1-2/h2-6H,1H3;2-4H,1H3;2*1-2H3. The molecule has 0 unspecified atom stereocenters. The average molecular weight is 234 g/mol. The summed E-state index contributed by atoms with van der Waals surface area (Å²) in [6.45, 7) is 10.1. The monoisotopic (exact) mass is 234 g/mol. The van der Waals surface area contributed by atoms with Crippen molar-refractivity contribution in [2.75, 3.05) is 0 Å². The van der Waals surface area contributed by atoms with Crippen LogP contribution in [-0.4, -0.2) is 9.78 Å². The Bertz CT molecular complexity index is 312. The van der Waals surface area contributed by atoms with Gasteiger partial charge in [-0.2, -0.15) is 5.10 Å². The molecule has 0 amide bonds. The summed E-state index contributed by atoms with van der Waals surface area (Å²) in [6.07, 6.45) is 3.64. The van der Waals surface area contributed by atoms with Crippen LogP contribution in [0.1, 0.15) is 33.3 Å². The first-order valence-electron chi connectivity index (χ1n) is 6.24. The van der Waals surface area contributed by atoms with E-state index in [0.29, 0.717) is 0 Å². The summed E-state index contributed by atoms with van der Waals surface area (Å²) in [7, 11) is 1.89. The predicted octanol–water partition coefficient (Wildman–Crippen LogP) is 4.47. The molecule has 96 valence electrons. The second kappa shape index (κ2) is 14.4. The molecule has 0 radical (unpaired) electrons. The van der Waals surface area contributed by atoms with Gasteiger partial charge in [0.1, 0.15) is 0 Å². The van der Waals surface area contributed by atoms with Crippen molar-refractivity contribution in [1.29, 1.82) is 0 Å². The number of benzene rings is 1. The normalized spacial score (nSPS) is 7.41. The number of aromatic nitrogens is 2. The van der Waals surface area contributed by atoms with Crippen LogP contribution in [0.2, 0.25) is 0 Å². The van der Waals surface area contributed by atoms with E-state index in [2.05, 4.69) is 24.2 Å². The van der Waals surface area contributed by atoms with Crippen molar-refractivity contribution in [2.45, 2.75) is 34.6 Å². The molecule has 0 aliphatic heterocycles. The van der Waals surface area contributed by atoms with Crippen LogP contribution < -0.4 is 0 Å². The topological polar surface area (TPSA) is 17.8 Å². The average Bonchev–Trinajstić information content (AvgIpc) is 2.87. The molecule has 0 spiro atoms. The van der Waals surface area contributed by atoms with Gasteiger partial charge in [-0.25, -0.2) is 0 Å². The second-order valence-corrected chi connectivity index (χ2v) is 2.83. The summed E-state index contributed by atoms with van der Waals surface area (Å²) in [6, 6.07) is 12.2. The van der Waals surface area contributed by atoms with E-state index >= 15 is 0 Å². The van der Waals surface area contributed by atoms with Crippen molar-refractivity contribution < 1.29 is 0 Å². The second-order valence-electron chi connectivity index (χ2n) is 2.83. The van der Waals surface area contributed by atoms with Gasteiger partial charge in [0.25, 0.3) is 0 Å². The first-order chi connectivity index (χ1) is 8.29. The van der Waals surface area contributed by atoms with Gasteiger partial charge in [0.15, 0.2) is 0 Å². The third-order valence-electron chi connectivity index (χ3n) is 1.58. The molecule has 1 heterocycles. The Hall–Kier alpha value is -1.57. The van der Waals surface area contributed by atoms with Gasteiger partial charge < -0.3 is 0 Å². The number of hydrogen-bond acceptors (Lipinski definition) is 1. The zero-order valence-electron chi connectivity index (χ0n) is 12.0. The minimum absolute atomic E-state index is 1.32. The number of hydrogen-bond donors (Lipinski definition) is 0. The van der Waals surface area contributed by atoms with E-state index in [1.54, 1.807) is 10.9 Å². The van der Waals surface area contributed by atoms with Gasteiger partial charge in [0.05, 0.1) is 0 Å². The fraction of sp³-hybridized carbons (Fsp3) is 0.400. The van der Waals surface area contributed by atoms with Crippen molar-refractivity contribution in [1.82, 2.24) is 9.78 Å². The highest BCUT2D eigenvalue weighted by molar-refractivity contribution is 5.11. The minimum atomic E-state index is 1.32. The maximum atomic E-state index is 3.83. The van der Waals surface area contributed by atoms with Gasteiger partial charge in [-0.05, 0) is 13.0 Å². The van der Waals surface area contributed by atoms with Crippen LogP contribution in [0.25, 0.3) is 0 Å². The van der Waals surface area contributed by atoms with Gasteiger partial charge >= 0.3 is 0 Å². The molecule has 0 N–H and O–H groups in total. The van der Waals surface area contributed by atoms with Gasteiger partial charge in [0.2, 0.25) is 0 Å². The maximum absolute atomic E-state index is 3.83. The van der Waals surface area contributed by atoms with E-state index in [1.807, 2.05) is 65.2 Å².